The zero-order valence-corrected chi connectivity index (χ0v) is 10.1. The van der Waals surface area contributed by atoms with Crippen molar-refractivity contribution in [3.05, 3.63) is 64.3 Å². The maximum Gasteiger partial charge on any atom is 0.335 e. The Morgan fingerprint density at radius 2 is 1.85 bits per heavy atom. The second-order valence-electron chi connectivity index (χ2n) is 4.28. The monoisotopic (exact) mass is 272 g/mol. The molecule has 5 nitrogen and oxygen atoms in total. The highest BCUT2D eigenvalue weighted by Gasteiger charge is 2.10. The van der Waals surface area contributed by atoms with Gasteiger partial charge < -0.3 is 10.1 Å². The standard InChI is InChI=1S/C14H9FN2O3/c15-9-3-6-11-12(7-9)17(14(20)16-11)10-4-1-8(2-5-10)13(18)19/h1-7H,(H,16,20)(H,18,19). The lowest BCUT2D eigenvalue weighted by Crippen LogP contribution is -2.14. The van der Waals surface area contributed by atoms with Crippen molar-refractivity contribution in [2.24, 2.45) is 0 Å². The van der Waals surface area contributed by atoms with Crippen LogP contribution in [0.1, 0.15) is 10.4 Å². The van der Waals surface area contributed by atoms with Gasteiger partial charge in [-0.1, -0.05) is 0 Å². The number of benzene rings is 2. The summed E-state index contributed by atoms with van der Waals surface area (Å²) in [5.41, 5.74) is 1.09. The number of hydrogen-bond donors (Lipinski definition) is 2. The van der Waals surface area contributed by atoms with Crippen LogP contribution in [0.3, 0.4) is 0 Å². The van der Waals surface area contributed by atoms with E-state index in [4.69, 9.17) is 5.11 Å². The molecule has 0 aliphatic rings. The quantitative estimate of drug-likeness (QED) is 0.750. The Morgan fingerprint density at radius 3 is 2.50 bits per heavy atom. The highest BCUT2D eigenvalue weighted by molar-refractivity contribution is 5.88. The van der Waals surface area contributed by atoms with Gasteiger partial charge in [-0.15, -0.1) is 0 Å². The third kappa shape index (κ3) is 1.87. The molecule has 2 aromatic carbocycles. The first-order valence-corrected chi connectivity index (χ1v) is 5.80. The topological polar surface area (TPSA) is 75.1 Å². The minimum Gasteiger partial charge on any atom is -0.478 e. The van der Waals surface area contributed by atoms with Crippen LogP contribution in [0.5, 0.6) is 0 Å². The number of nitrogens with one attached hydrogen (secondary N) is 1. The molecular formula is C14H9FN2O3. The van der Waals surface area contributed by atoms with Gasteiger partial charge in [-0.05, 0) is 36.4 Å². The summed E-state index contributed by atoms with van der Waals surface area (Å²) < 4.78 is 14.6. The van der Waals surface area contributed by atoms with Crippen LogP contribution in [-0.4, -0.2) is 20.6 Å². The Morgan fingerprint density at radius 1 is 1.15 bits per heavy atom. The number of imidazole rings is 1. The molecular weight excluding hydrogens is 263 g/mol. The van der Waals surface area contributed by atoms with E-state index in [0.717, 1.165) is 0 Å². The van der Waals surface area contributed by atoms with Gasteiger partial charge in [-0.25, -0.2) is 14.0 Å². The summed E-state index contributed by atoms with van der Waals surface area (Å²) in [5, 5.41) is 8.84. The lowest BCUT2D eigenvalue weighted by molar-refractivity contribution is 0.0697. The number of aromatic amines is 1. The smallest absolute Gasteiger partial charge is 0.335 e. The van der Waals surface area contributed by atoms with Crippen molar-refractivity contribution < 1.29 is 14.3 Å². The molecule has 0 amide bonds. The number of aromatic nitrogens is 2. The van der Waals surface area contributed by atoms with Crippen LogP contribution in [-0.2, 0) is 0 Å². The van der Waals surface area contributed by atoms with Gasteiger partial charge in [0.1, 0.15) is 5.82 Å². The molecule has 0 bridgehead atoms. The SMILES string of the molecule is O=C(O)c1ccc(-n2c(=O)[nH]c3ccc(F)cc32)cc1. The number of carboxylic acids is 1. The van der Waals surface area contributed by atoms with Gasteiger partial charge in [0.05, 0.1) is 22.3 Å². The fraction of sp³-hybridized carbons (Fsp3) is 0. The number of fused-ring (bicyclic) bond motifs is 1. The second kappa shape index (κ2) is 4.34. The number of carboxylic acid groups (broad SMARTS) is 1. The fourth-order valence-corrected chi connectivity index (χ4v) is 2.09. The lowest BCUT2D eigenvalue weighted by Gasteiger charge is -2.03. The molecule has 2 N–H and O–H groups in total. The maximum absolute atomic E-state index is 13.3. The molecule has 0 saturated carbocycles. The zero-order valence-electron chi connectivity index (χ0n) is 10.1. The molecule has 0 aliphatic carbocycles. The average molecular weight is 272 g/mol. The molecule has 0 atom stereocenters. The molecule has 6 heteroatoms. The Hall–Kier alpha value is -2.89. The molecule has 3 rings (SSSR count). The highest BCUT2D eigenvalue weighted by Crippen LogP contribution is 2.17. The molecule has 0 saturated heterocycles. The van der Waals surface area contributed by atoms with E-state index in [1.54, 1.807) is 0 Å². The van der Waals surface area contributed by atoms with Crippen molar-refractivity contribution in [2.45, 2.75) is 0 Å². The number of halogens is 1. The van der Waals surface area contributed by atoms with Crippen LogP contribution in [0.25, 0.3) is 16.7 Å². The molecule has 20 heavy (non-hydrogen) atoms. The zero-order chi connectivity index (χ0) is 14.3. The number of H-pyrrole nitrogens is 1. The number of hydrogen-bond acceptors (Lipinski definition) is 2. The average Bonchev–Trinajstić information content (AvgIpc) is 2.74. The van der Waals surface area contributed by atoms with Crippen molar-refractivity contribution in [3.63, 3.8) is 0 Å². The Balaban J connectivity index is 2.23. The normalized spacial score (nSPS) is 10.8. The summed E-state index contributed by atoms with van der Waals surface area (Å²) in [6, 6.07) is 9.78. The van der Waals surface area contributed by atoms with Gasteiger partial charge in [0.15, 0.2) is 0 Å². The third-order valence-corrected chi connectivity index (χ3v) is 3.02. The Kier molecular flexibility index (Phi) is 2.64. The van der Waals surface area contributed by atoms with Crippen LogP contribution in [0.2, 0.25) is 0 Å². The van der Waals surface area contributed by atoms with Gasteiger partial charge in [-0.2, -0.15) is 0 Å². The summed E-state index contributed by atoms with van der Waals surface area (Å²) in [7, 11) is 0. The van der Waals surface area contributed by atoms with E-state index in [-0.39, 0.29) is 5.56 Å². The van der Waals surface area contributed by atoms with E-state index in [1.807, 2.05) is 0 Å². The highest BCUT2D eigenvalue weighted by atomic mass is 19.1. The van der Waals surface area contributed by atoms with Crippen LogP contribution < -0.4 is 5.69 Å². The lowest BCUT2D eigenvalue weighted by atomic mass is 10.2. The van der Waals surface area contributed by atoms with E-state index >= 15 is 0 Å². The summed E-state index contributed by atoms with van der Waals surface area (Å²) in [6.07, 6.45) is 0. The van der Waals surface area contributed by atoms with E-state index < -0.39 is 17.5 Å². The van der Waals surface area contributed by atoms with E-state index in [0.29, 0.717) is 16.7 Å². The molecule has 0 radical (unpaired) electrons. The molecule has 100 valence electrons. The summed E-state index contributed by atoms with van der Waals surface area (Å²) in [6.45, 7) is 0. The van der Waals surface area contributed by atoms with E-state index in [9.17, 15) is 14.0 Å². The van der Waals surface area contributed by atoms with Gasteiger partial charge >= 0.3 is 11.7 Å². The molecule has 1 heterocycles. The van der Waals surface area contributed by atoms with Crippen LogP contribution in [0, 0.1) is 5.82 Å². The summed E-state index contributed by atoms with van der Waals surface area (Å²) in [5.74, 6) is -1.50. The number of nitrogens with zero attached hydrogens (tertiary/aromatic N) is 1. The molecule has 0 fully saturated rings. The van der Waals surface area contributed by atoms with Gasteiger partial charge in [0.25, 0.3) is 0 Å². The number of aromatic carboxylic acids is 1. The molecule has 0 aliphatic heterocycles. The van der Waals surface area contributed by atoms with Crippen LogP contribution in [0.15, 0.2) is 47.3 Å². The summed E-state index contributed by atoms with van der Waals surface area (Å²) >= 11 is 0. The van der Waals surface area contributed by atoms with Crippen LogP contribution >= 0.6 is 0 Å². The predicted molar refractivity (Wildman–Crippen MR) is 70.8 cm³/mol. The fourth-order valence-electron chi connectivity index (χ4n) is 2.09. The van der Waals surface area contributed by atoms with Gasteiger partial charge in [-0.3, -0.25) is 4.57 Å². The molecule has 0 unspecified atom stereocenters. The minimum absolute atomic E-state index is 0.118. The molecule has 1 aromatic heterocycles. The third-order valence-electron chi connectivity index (χ3n) is 3.02. The van der Waals surface area contributed by atoms with Crippen LogP contribution in [0.4, 0.5) is 4.39 Å². The maximum atomic E-state index is 13.3. The first-order valence-electron chi connectivity index (χ1n) is 5.80. The Bertz CT molecular complexity index is 862. The van der Waals surface area contributed by atoms with E-state index in [1.165, 1.54) is 47.0 Å². The molecule has 0 spiro atoms. The summed E-state index contributed by atoms with van der Waals surface area (Å²) in [4.78, 5) is 25.4. The minimum atomic E-state index is -1.05. The number of rotatable bonds is 2. The largest absolute Gasteiger partial charge is 0.478 e. The van der Waals surface area contributed by atoms with Crippen molar-refractivity contribution >= 4 is 17.0 Å². The van der Waals surface area contributed by atoms with E-state index in [2.05, 4.69) is 4.98 Å². The van der Waals surface area contributed by atoms with Crippen molar-refractivity contribution in [1.82, 2.24) is 9.55 Å². The van der Waals surface area contributed by atoms with Crippen molar-refractivity contribution in [3.8, 4) is 5.69 Å². The first kappa shape index (κ1) is 12.2. The van der Waals surface area contributed by atoms with Crippen molar-refractivity contribution in [1.29, 1.82) is 0 Å². The Labute approximate surface area is 111 Å². The predicted octanol–water partition coefficient (Wildman–Crippen LogP) is 2.16. The van der Waals surface area contributed by atoms with Gasteiger partial charge in [0, 0.05) is 6.07 Å². The van der Waals surface area contributed by atoms with Crippen molar-refractivity contribution in [2.75, 3.05) is 0 Å². The number of carbonyl (C=O) groups is 1. The second-order valence-corrected chi connectivity index (χ2v) is 4.28. The molecule has 3 aromatic rings. The first-order chi connectivity index (χ1) is 9.56. The van der Waals surface area contributed by atoms with Gasteiger partial charge in [0.2, 0.25) is 0 Å².